The summed E-state index contributed by atoms with van der Waals surface area (Å²) in [5.41, 5.74) is 13.1. The third kappa shape index (κ3) is 5.74. The van der Waals surface area contributed by atoms with Crippen molar-refractivity contribution in [3.63, 3.8) is 0 Å². The van der Waals surface area contributed by atoms with E-state index in [1.165, 1.54) is 0 Å². The van der Waals surface area contributed by atoms with E-state index in [0.29, 0.717) is 48.9 Å². The number of carbonyl (C=O) groups is 2. The fourth-order valence-electron chi connectivity index (χ4n) is 6.24. The SMILES string of the molecule is CC(=O)N1c2ccc(-c3cccc(C(=O)NCc4cn5cc(-c6cnc(N)nc6)nc(N6CCOCC6)c5n4)c3)cc2CC[C@@H]1C. The summed E-state index contributed by atoms with van der Waals surface area (Å²) in [6.07, 6.45) is 8.91. The maximum Gasteiger partial charge on any atom is 0.251 e. The number of anilines is 3. The Hall–Kier alpha value is -5.36. The molecule has 2 aliphatic rings. The monoisotopic (exact) mass is 617 g/mol. The predicted octanol–water partition coefficient (Wildman–Crippen LogP) is 3.89. The third-order valence-corrected chi connectivity index (χ3v) is 8.59. The van der Waals surface area contributed by atoms with Crippen LogP contribution >= 0.6 is 0 Å². The molecule has 46 heavy (non-hydrogen) atoms. The molecule has 7 rings (SSSR count). The summed E-state index contributed by atoms with van der Waals surface area (Å²) in [4.78, 5) is 47.7. The van der Waals surface area contributed by atoms with Gasteiger partial charge in [0, 0.05) is 67.7 Å². The minimum absolute atomic E-state index is 0.0518. The van der Waals surface area contributed by atoms with Gasteiger partial charge in [0.05, 0.1) is 31.1 Å². The molecule has 12 nitrogen and oxygen atoms in total. The normalized spacial score (nSPS) is 16.3. The van der Waals surface area contributed by atoms with Gasteiger partial charge in [-0.1, -0.05) is 18.2 Å². The molecule has 1 saturated heterocycles. The molecule has 2 aliphatic heterocycles. The van der Waals surface area contributed by atoms with Crippen molar-refractivity contribution in [3.8, 4) is 22.4 Å². The molecular formula is C34H35N9O3. The summed E-state index contributed by atoms with van der Waals surface area (Å²) < 4.78 is 7.49. The van der Waals surface area contributed by atoms with Crippen LogP contribution in [0.4, 0.5) is 17.5 Å². The Bertz CT molecular complexity index is 1930. The molecule has 0 bridgehead atoms. The van der Waals surface area contributed by atoms with E-state index in [4.69, 9.17) is 20.4 Å². The second-order valence-electron chi connectivity index (χ2n) is 11.7. The summed E-state index contributed by atoms with van der Waals surface area (Å²) in [6, 6.07) is 13.9. The number of rotatable bonds is 6. The van der Waals surface area contributed by atoms with Crippen molar-refractivity contribution in [2.75, 3.05) is 41.8 Å². The van der Waals surface area contributed by atoms with Gasteiger partial charge in [-0.2, -0.15) is 0 Å². The molecule has 2 aromatic carbocycles. The van der Waals surface area contributed by atoms with E-state index >= 15 is 0 Å². The number of nitrogens with two attached hydrogens (primary N) is 1. The first-order valence-electron chi connectivity index (χ1n) is 15.4. The van der Waals surface area contributed by atoms with Gasteiger partial charge < -0.3 is 30.0 Å². The van der Waals surface area contributed by atoms with Crippen molar-refractivity contribution < 1.29 is 14.3 Å². The molecule has 2 amide bonds. The first kappa shape index (κ1) is 29.4. The highest BCUT2D eigenvalue weighted by molar-refractivity contribution is 5.96. The minimum Gasteiger partial charge on any atom is -0.378 e. The molecule has 1 fully saturated rings. The van der Waals surface area contributed by atoms with E-state index in [-0.39, 0.29) is 30.3 Å². The number of aryl methyl sites for hydroxylation is 1. The largest absolute Gasteiger partial charge is 0.378 e. The fourth-order valence-corrected chi connectivity index (χ4v) is 6.24. The molecule has 1 atom stereocenters. The van der Waals surface area contributed by atoms with Crippen LogP contribution in [0.3, 0.4) is 0 Å². The van der Waals surface area contributed by atoms with Crippen molar-refractivity contribution >= 4 is 34.9 Å². The fraction of sp³-hybridized carbons (Fsp3) is 0.294. The standard InChI is InChI=1S/C34H35N9O3/c1-21-6-7-25-14-24(8-9-30(25)43(21)22(2)44)23-4-3-5-26(15-23)33(45)36-18-28-19-42-20-29(27-16-37-34(35)38-17-27)40-32(31(42)39-28)41-10-12-46-13-11-41/h3-5,8-9,14-17,19-21H,6-7,10-13,18H2,1-2H3,(H,36,45)(H2,35,37,38)/t21-/m0/s1. The average molecular weight is 618 g/mol. The topological polar surface area (TPSA) is 144 Å². The number of carbonyl (C=O) groups excluding carboxylic acids is 2. The predicted molar refractivity (Wildman–Crippen MR) is 175 cm³/mol. The van der Waals surface area contributed by atoms with Gasteiger partial charge in [-0.3, -0.25) is 9.59 Å². The number of aromatic nitrogens is 5. The lowest BCUT2D eigenvalue weighted by molar-refractivity contribution is -0.117. The molecule has 0 saturated carbocycles. The van der Waals surface area contributed by atoms with Crippen molar-refractivity contribution in [3.05, 3.63) is 84.1 Å². The Labute approximate surface area is 266 Å². The number of ether oxygens (including phenoxy) is 1. The highest BCUT2D eigenvalue weighted by Crippen LogP contribution is 2.34. The maximum atomic E-state index is 13.3. The highest BCUT2D eigenvalue weighted by atomic mass is 16.5. The number of amides is 2. The first-order chi connectivity index (χ1) is 22.3. The third-order valence-electron chi connectivity index (χ3n) is 8.59. The van der Waals surface area contributed by atoms with Crippen LogP contribution in [0.25, 0.3) is 28.0 Å². The molecule has 0 aliphatic carbocycles. The average Bonchev–Trinajstić information content (AvgIpc) is 3.50. The molecule has 0 radical (unpaired) electrons. The van der Waals surface area contributed by atoms with E-state index in [1.54, 1.807) is 19.3 Å². The van der Waals surface area contributed by atoms with Crippen LogP contribution in [-0.2, 0) is 22.5 Å². The van der Waals surface area contributed by atoms with Gasteiger partial charge in [0.25, 0.3) is 5.91 Å². The quantitative estimate of drug-likeness (QED) is 0.290. The van der Waals surface area contributed by atoms with E-state index in [1.807, 2.05) is 58.1 Å². The van der Waals surface area contributed by atoms with Gasteiger partial charge in [0.1, 0.15) is 0 Å². The van der Waals surface area contributed by atoms with Gasteiger partial charge in [0.15, 0.2) is 11.5 Å². The summed E-state index contributed by atoms with van der Waals surface area (Å²) in [5, 5.41) is 3.03. The maximum absolute atomic E-state index is 13.3. The lowest BCUT2D eigenvalue weighted by atomic mass is 9.92. The molecule has 3 aromatic heterocycles. The zero-order chi connectivity index (χ0) is 31.8. The molecule has 3 N–H and O–H groups in total. The number of benzene rings is 2. The van der Waals surface area contributed by atoms with Crippen LogP contribution in [0.15, 0.2) is 67.3 Å². The van der Waals surface area contributed by atoms with Crippen LogP contribution in [-0.4, -0.2) is 68.5 Å². The van der Waals surface area contributed by atoms with Crippen LogP contribution in [0.1, 0.15) is 41.9 Å². The second-order valence-corrected chi connectivity index (χ2v) is 11.7. The number of hydrogen-bond donors (Lipinski definition) is 2. The zero-order valence-corrected chi connectivity index (χ0v) is 25.8. The number of nitrogens with zero attached hydrogens (tertiary/aromatic N) is 7. The van der Waals surface area contributed by atoms with Crippen molar-refractivity contribution in [2.45, 2.75) is 39.3 Å². The Kier molecular flexibility index (Phi) is 7.79. The zero-order valence-electron chi connectivity index (χ0n) is 25.8. The molecule has 5 aromatic rings. The van der Waals surface area contributed by atoms with Crippen molar-refractivity contribution in [2.24, 2.45) is 0 Å². The second kappa shape index (κ2) is 12.2. The number of imidazole rings is 1. The van der Waals surface area contributed by atoms with Gasteiger partial charge in [-0.05, 0) is 60.7 Å². The van der Waals surface area contributed by atoms with Gasteiger partial charge in [-0.15, -0.1) is 0 Å². The van der Waals surface area contributed by atoms with Crippen LogP contribution in [0.2, 0.25) is 0 Å². The Morgan fingerprint density at radius 1 is 1.00 bits per heavy atom. The van der Waals surface area contributed by atoms with Crippen molar-refractivity contribution in [1.29, 1.82) is 0 Å². The molecule has 5 heterocycles. The van der Waals surface area contributed by atoms with E-state index in [2.05, 4.69) is 33.2 Å². The minimum atomic E-state index is -0.195. The summed E-state index contributed by atoms with van der Waals surface area (Å²) in [7, 11) is 0. The van der Waals surface area contributed by atoms with Crippen LogP contribution < -0.4 is 20.9 Å². The van der Waals surface area contributed by atoms with E-state index in [9.17, 15) is 9.59 Å². The summed E-state index contributed by atoms with van der Waals surface area (Å²) in [6.45, 7) is 6.53. The number of nitrogen functional groups attached to an aromatic ring is 1. The van der Waals surface area contributed by atoms with Gasteiger partial charge >= 0.3 is 0 Å². The van der Waals surface area contributed by atoms with Crippen LogP contribution in [0, 0.1) is 0 Å². The number of morpholine rings is 1. The van der Waals surface area contributed by atoms with Gasteiger partial charge in [0.2, 0.25) is 11.9 Å². The Morgan fingerprint density at radius 2 is 1.78 bits per heavy atom. The smallest absolute Gasteiger partial charge is 0.251 e. The number of nitrogens with one attached hydrogen (secondary N) is 1. The summed E-state index contributed by atoms with van der Waals surface area (Å²) >= 11 is 0. The number of hydrogen-bond acceptors (Lipinski definition) is 9. The molecular weight excluding hydrogens is 582 g/mol. The molecule has 12 heteroatoms. The Morgan fingerprint density at radius 3 is 2.57 bits per heavy atom. The highest BCUT2D eigenvalue weighted by Gasteiger charge is 2.26. The lowest BCUT2D eigenvalue weighted by Gasteiger charge is -2.34. The van der Waals surface area contributed by atoms with Crippen molar-refractivity contribution in [1.82, 2.24) is 29.7 Å². The van der Waals surface area contributed by atoms with E-state index < -0.39 is 0 Å². The molecule has 0 spiro atoms. The molecule has 0 unspecified atom stereocenters. The number of fused-ring (bicyclic) bond motifs is 2. The van der Waals surface area contributed by atoms with E-state index in [0.717, 1.165) is 46.6 Å². The lowest BCUT2D eigenvalue weighted by Crippen LogP contribution is -2.40. The summed E-state index contributed by atoms with van der Waals surface area (Å²) in [5.74, 6) is 0.784. The Balaban J connectivity index is 1.12. The van der Waals surface area contributed by atoms with Crippen LogP contribution in [0.5, 0.6) is 0 Å². The van der Waals surface area contributed by atoms with Gasteiger partial charge in [-0.25, -0.2) is 19.9 Å². The first-order valence-corrected chi connectivity index (χ1v) is 15.4. The molecule has 234 valence electrons.